The van der Waals surface area contributed by atoms with Crippen LogP contribution in [0.2, 0.25) is 0 Å². The molecule has 128 valence electrons. The van der Waals surface area contributed by atoms with Gasteiger partial charge in [0.15, 0.2) is 11.5 Å². The van der Waals surface area contributed by atoms with Crippen LogP contribution in [0.3, 0.4) is 0 Å². The van der Waals surface area contributed by atoms with Crippen molar-refractivity contribution < 1.29 is 9.32 Å². The van der Waals surface area contributed by atoms with Crippen molar-refractivity contribution in [3.05, 3.63) is 47.9 Å². The maximum atomic E-state index is 12.0. The van der Waals surface area contributed by atoms with Crippen LogP contribution in [-0.2, 0) is 11.2 Å². The number of aromatic nitrogens is 4. The van der Waals surface area contributed by atoms with Gasteiger partial charge in [0.25, 0.3) is 5.89 Å². The van der Waals surface area contributed by atoms with Gasteiger partial charge < -0.3 is 15.2 Å². The number of amides is 1. The smallest absolute Gasteiger partial charge is 0.278 e. The first-order valence-electron chi connectivity index (χ1n) is 8.22. The van der Waals surface area contributed by atoms with Crippen LogP contribution in [0.25, 0.3) is 11.6 Å². The fraction of sp³-hybridized carbons (Fsp3) is 0.294. The molecule has 1 aliphatic heterocycles. The molecule has 3 N–H and O–H groups in total. The van der Waals surface area contributed by atoms with E-state index in [1.165, 1.54) is 0 Å². The molecule has 4 rings (SSSR count). The number of aromatic amines is 1. The van der Waals surface area contributed by atoms with Crippen LogP contribution in [0.4, 0.5) is 5.69 Å². The molecule has 0 bridgehead atoms. The van der Waals surface area contributed by atoms with Gasteiger partial charge in [-0.25, -0.2) is 0 Å². The first-order chi connectivity index (χ1) is 12.3. The number of carbonyl (C=O) groups is 1. The third kappa shape index (κ3) is 3.58. The zero-order chi connectivity index (χ0) is 17.1. The highest BCUT2D eigenvalue weighted by molar-refractivity contribution is 5.91. The van der Waals surface area contributed by atoms with Crippen LogP contribution in [-0.4, -0.2) is 39.3 Å². The van der Waals surface area contributed by atoms with Crippen LogP contribution in [0.5, 0.6) is 0 Å². The molecule has 1 fully saturated rings. The molecule has 1 saturated heterocycles. The summed E-state index contributed by atoms with van der Waals surface area (Å²) in [6, 6.07) is 11.2. The Morgan fingerprint density at radius 2 is 2.20 bits per heavy atom. The minimum absolute atomic E-state index is 0.0439. The number of carbonyl (C=O) groups excluding carboxylic acids is 1. The third-order valence-electron chi connectivity index (χ3n) is 4.16. The molecule has 8 nitrogen and oxygen atoms in total. The zero-order valence-corrected chi connectivity index (χ0v) is 13.5. The molecule has 8 heteroatoms. The maximum absolute atomic E-state index is 12.0. The van der Waals surface area contributed by atoms with Gasteiger partial charge in [0.2, 0.25) is 5.91 Å². The van der Waals surface area contributed by atoms with Crippen molar-refractivity contribution in [2.75, 3.05) is 18.4 Å². The predicted octanol–water partition coefficient (Wildman–Crippen LogP) is 1.72. The summed E-state index contributed by atoms with van der Waals surface area (Å²) in [7, 11) is 0. The van der Waals surface area contributed by atoms with Gasteiger partial charge in [0.05, 0.1) is 6.42 Å². The zero-order valence-electron chi connectivity index (χ0n) is 13.5. The van der Waals surface area contributed by atoms with E-state index in [0.29, 0.717) is 23.3 Å². The maximum Gasteiger partial charge on any atom is 0.278 e. The second-order valence-corrected chi connectivity index (χ2v) is 6.00. The first-order valence-corrected chi connectivity index (χ1v) is 8.22. The highest BCUT2D eigenvalue weighted by Crippen LogP contribution is 2.24. The Bertz CT molecular complexity index is 851. The molecule has 1 amide bonds. The predicted molar refractivity (Wildman–Crippen MR) is 90.9 cm³/mol. The molecular weight excluding hydrogens is 320 g/mol. The fourth-order valence-electron chi connectivity index (χ4n) is 2.88. The van der Waals surface area contributed by atoms with Gasteiger partial charge in [-0.15, -0.1) is 0 Å². The van der Waals surface area contributed by atoms with E-state index in [9.17, 15) is 4.79 Å². The van der Waals surface area contributed by atoms with E-state index < -0.39 is 0 Å². The van der Waals surface area contributed by atoms with Gasteiger partial charge in [-0.2, -0.15) is 10.1 Å². The first kappa shape index (κ1) is 15.5. The molecule has 3 heterocycles. The molecule has 3 aromatic rings. The highest BCUT2D eigenvalue weighted by Gasteiger charge is 2.21. The second-order valence-electron chi connectivity index (χ2n) is 6.00. The lowest BCUT2D eigenvalue weighted by Crippen LogP contribution is -2.15. The Kier molecular flexibility index (Phi) is 4.26. The number of benzene rings is 1. The van der Waals surface area contributed by atoms with Crippen molar-refractivity contribution in [2.24, 2.45) is 0 Å². The van der Waals surface area contributed by atoms with Crippen molar-refractivity contribution in [1.82, 2.24) is 25.7 Å². The van der Waals surface area contributed by atoms with Gasteiger partial charge in [-0.3, -0.25) is 9.89 Å². The molecule has 1 atom stereocenters. The molecule has 1 aliphatic rings. The van der Waals surface area contributed by atoms with Crippen molar-refractivity contribution in [3.63, 3.8) is 0 Å². The number of hydrogen-bond acceptors (Lipinski definition) is 6. The summed E-state index contributed by atoms with van der Waals surface area (Å²) in [4.78, 5) is 16.3. The van der Waals surface area contributed by atoms with E-state index in [-0.39, 0.29) is 12.3 Å². The van der Waals surface area contributed by atoms with Gasteiger partial charge in [-0.1, -0.05) is 23.4 Å². The van der Waals surface area contributed by atoms with Crippen molar-refractivity contribution >= 4 is 11.6 Å². The van der Waals surface area contributed by atoms with Crippen molar-refractivity contribution in [3.8, 4) is 11.6 Å². The summed E-state index contributed by atoms with van der Waals surface area (Å²) in [5, 5.41) is 17.3. The van der Waals surface area contributed by atoms with Gasteiger partial charge in [-0.05, 0) is 31.2 Å². The summed E-state index contributed by atoms with van der Waals surface area (Å²) in [6.07, 6.45) is 1.12. The van der Waals surface area contributed by atoms with Crippen molar-refractivity contribution in [2.45, 2.75) is 18.8 Å². The van der Waals surface area contributed by atoms with Crippen LogP contribution in [0, 0.1) is 0 Å². The minimum Gasteiger partial charge on any atom is -0.332 e. The summed E-state index contributed by atoms with van der Waals surface area (Å²) >= 11 is 0. The van der Waals surface area contributed by atoms with E-state index in [2.05, 4.69) is 31.0 Å². The van der Waals surface area contributed by atoms with E-state index in [0.717, 1.165) is 30.9 Å². The standard InChI is InChI=1S/C17H18N6O2/c24-16(19-12-4-2-1-3-5-12)9-15-20-17(25-23-15)14-8-13(21-22-14)11-6-7-18-10-11/h1-5,8,11,18H,6-7,9-10H2,(H,19,24)(H,21,22). The average Bonchev–Trinajstić information content (AvgIpc) is 3.36. The second kappa shape index (κ2) is 6.86. The largest absolute Gasteiger partial charge is 0.332 e. The van der Waals surface area contributed by atoms with Crippen molar-refractivity contribution in [1.29, 1.82) is 0 Å². The number of nitrogens with zero attached hydrogens (tertiary/aromatic N) is 3. The third-order valence-corrected chi connectivity index (χ3v) is 4.16. The SMILES string of the molecule is O=C(Cc1noc(-c2cc(C3CCNC3)[nH]n2)n1)Nc1ccccc1. The number of hydrogen-bond donors (Lipinski definition) is 3. The summed E-state index contributed by atoms with van der Waals surface area (Å²) in [6.45, 7) is 1.95. The molecule has 1 aromatic carbocycles. The lowest BCUT2D eigenvalue weighted by Gasteiger charge is -2.02. The molecule has 1 unspecified atom stereocenters. The Labute approximate surface area is 144 Å². The Hall–Kier alpha value is -3.00. The highest BCUT2D eigenvalue weighted by atomic mass is 16.5. The molecule has 2 aromatic heterocycles. The number of H-pyrrole nitrogens is 1. The lowest BCUT2D eigenvalue weighted by molar-refractivity contribution is -0.115. The van der Waals surface area contributed by atoms with Crippen LogP contribution < -0.4 is 10.6 Å². The molecular formula is C17H18N6O2. The summed E-state index contributed by atoms with van der Waals surface area (Å²) in [5.41, 5.74) is 2.39. The van der Waals surface area contributed by atoms with Gasteiger partial charge in [0.1, 0.15) is 0 Å². The average molecular weight is 338 g/mol. The minimum atomic E-state index is -0.196. The monoisotopic (exact) mass is 338 g/mol. The Balaban J connectivity index is 1.41. The molecule has 25 heavy (non-hydrogen) atoms. The topological polar surface area (TPSA) is 109 Å². The van der Waals surface area contributed by atoms with E-state index in [4.69, 9.17) is 4.52 Å². The van der Waals surface area contributed by atoms with Crippen LogP contribution >= 0.6 is 0 Å². The van der Waals surface area contributed by atoms with Gasteiger partial charge in [0, 0.05) is 23.8 Å². The van der Waals surface area contributed by atoms with Gasteiger partial charge >= 0.3 is 0 Å². The number of nitrogens with one attached hydrogen (secondary N) is 3. The Morgan fingerprint density at radius 1 is 1.32 bits per heavy atom. The molecule has 0 spiro atoms. The van der Waals surface area contributed by atoms with Crippen LogP contribution in [0.1, 0.15) is 23.9 Å². The molecule has 0 saturated carbocycles. The van der Waals surface area contributed by atoms with E-state index in [1.807, 2.05) is 36.4 Å². The van der Waals surface area contributed by atoms with E-state index >= 15 is 0 Å². The summed E-state index contributed by atoms with van der Waals surface area (Å²) < 4.78 is 5.24. The fourth-order valence-corrected chi connectivity index (χ4v) is 2.88. The lowest BCUT2D eigenvalue weighted by atomic mass is 10.1. The Morgan fingerprint density at radius 3 is 3.00 bits per heavy atom. The number of anilines is 1. The molecule has 0 radical (unpaired) electrons. The molecule has 0 aliphatic carbocycles. The normalized spacial score (nSPS) is 16.9. The van der Waals surface area contributed by atoms with Crippen LogP contribution in [0.15, 0.2) is 40.9 Å². The van der Waals surface area contributed by atoms with E-state index in [1.54, 1.807) is 0 Å². The summed E-state index contributed by atoms with van der Waals surface area (Å²) in [5.74, 6) is 0.880. The quantitative estimate of drug-likeness (QED) is 0.653. The number of para-hydroxylation sites is 1. The number of rotatable bonds is 5.